The van der Waals surface area contributed by atoms with Crippen molar-refractivity contribution in [3.8, 4) is 5.75 Å². The third kappa shape index (κ3) is 5.57. The van der Waals surface area contributed by atoms with E-state index in [0.29, 0.717) is 0 Å². The van der Waals surface area contributed by atoms with Crippen molar-refractivity contribution >= 4 is 35.6 Å². The van der Waals surface area contributed by atoms with Gasteiger partial charge in [-0.1, -0.05) is 30.3 Å². The lowest BCUT2D eigenvalue weighted by molar-refractivity contribution is 0.0396. The largest absolute Gasteiger partial charge is 0.487 e. The minimum atomic E-state index is -0.0276. The number of hydrogen-bond acceptors (Lipinski definition) is 4. The normalized spacial score (nSPS) is 21.7. The second-order valence-corrected chi connectivity index (χ2v) is 9.12. The molecule has 1 aliphatic carbocycles. The van der Waals surface area contributed by atoms with E-state index in [0.717, 1.165) is 63.8 Å². The van der Waals surface area contributed by atoms with Crippen molar-refractivity contribution in [1.82, 2.24) is 10.6 Å². The Bertz CT molecular complexity index is 938. The monoisotopic (exact) mass is 562 g/mol. The van der Waals surface area contributed by atoms with Gasteiger partial charge < -0.3 is 25.0 Å². The summed E-state index contributed by atoms with van der Waals surface area (Å²) in [5.41, 5.74) is 3.70. The van der Waals surface area contributed by atoms with E-state index in [1.807, 2.05) is 7.05 Å². The van der Waals surface area contributed by atoms with E-state index in [4.69, 9.17) is 9.47 Å². The Balaban J connectivity index is 0.00000259. The zero-order valence-electron chi connectivity index (χ0n) is 19.4. The van der Waals surface area contributed by atoms with Crippen LogP contribution in [0.2, 0.25) is 0 Å². The van der Waals surface area contributed by atoms with E-state index in [9.17, 15) is 0 Å². The third-order valence-electron chi connectivity index (χ3n) is 7.02. The molecule has 2 aromatic carbocycles. The molecular formula is C26H35IN4O2. The minimum Gasteiger partial charge on any atom is -0.487 e. The Hall–Kier alpha value is -2.00. The standard InChI is InChI=1S/C26H34N4O2.HI/c1-27-25(28-19-20-8-10-21(11-9-20)30-14-16-31-17-15-30)29-23-18-26(12-4-5-13-26)32-24-7-3-2-6-22(23)24;/h2-3,6-11,23H,4-5,12-19H2,1H3,(H2,27,28,29);1H. The van der Waals surface area contributed by atoms with E-state index in [1.54, 1.807) is 0 Å². The highest BCUT2D eigenvalue weighted by atomic mass is 127. The molecule has 1 saturated heterocycles. The van der Waals surface area contributed by atoms with Gasteiger partial charge in [-0.2, -0.15) is 0 Å². The summed E-state index contributed by atoms with van der Waals surface area (Å²) in [6, 6.07) is 17.4. The number of anilines is 1. The number of ether oxygens (including phenoxy) is 2. The maximum absolute atomic E-state index is 6.50. The van der Waals surface area contributed by atoms with Gasteiger partial charge in [0.15, 0.2) is 5.96 Å². The summed E-state index contributed by atoms with van der Waals surface area (Å²) >= 11 is 0. The van der Waals surface area contributed by atoms with Crippen LogP contribution in [0.4, 0.5) is 5.69 Å². The molecule has 2 N–H and O–H groups in total. The molecule has 33 heavy (non-hydrogen) atoms. The van der Waals surface area contributed by atoms with Gasteiger partial charge in [0.1, 0.15) is 11.4 Å². The SMILES string of the molecule is CN=C(NCc1ccc(N2CCOCC2)cc1)NC1CC2(CCCC2)Oc2ccccc21.I. The summed E-state index contributed by atoms with van der Waals surface area (Å²) in [4.78, 5) is 6.89. The number of para-hydroxylation sites is 1. The van der Waals surface area contributed by atoms with Crippen LogP contribution < -0.4 is 20.3 Å². The molecule has 2 aromatic rings. The van der Waals surface area contributed by atoms with Crippen molar-refractivity contribution in [3.63, 3.8) is 0 Å². The third-order valence-corrected chi connectivity index (χ3v) is 7.02. The van der Waals surface area contributed by atoms with Crippen molar-refractivity contribution < 1.29 is 9.47 Å². The Labute approximate surface area is 214 Å². The zero-order chi connectivity index (χ0) is 21.8. The first kappa shape index (κ1) is 24.1. The molecule has 1 atom stereocenters. The number of morpholine rings is 1. The number of aliphatic imine (C=N–C) groups is 1. The maximum atomic E-state index is 6.50. The summed E-state index contributed by atoms with van der Waals surface area (Å²) in [6.45, 7) is 4.27. The van der Waals surface area contributed by atoms with Crippen LogP contribution in [0.25, 0.3) is 0 Å². The topological polar surface area (TPSA) is 58.1 Å². The van der Waals surface area contributed by atoms with Crippen LogP contribution >= 0.6 is 24.0 Å². The summed E-state index contributed by atoms with van der Waals surface area (Å²) in [5.74, 6) is 1.85. The fourth-order valence-electron chi connectivity index (χ4n) is 5.26. The molecule has 1 spiro atoms. The van der Waals surface area contributed by atoms with Crippen LogP contribution in [0.15, 0.2) is 53.5 Å². The number of halogens is 1. The van der Waals surface area contributed by atoms with Crippen LogP contribution in [0.3, 0.4) is 0 Å². The van der Waals surface area contributed by atoms with E-state index in [2.05, 4.69) is 69.1 Å². The molecule has 0 amide bonds. The van der Waals surface area contributed by atoms with E-state index in [1.165, 1.54) is 29.7 Å². The number of nitrogens with zero attached hydrogens (tertiary/aromatic N) is 2. The molecule has 2 aliphatic heterocycles. The first-order valence-electron chi connectivity index (χ1n) is 11.9. The molecule has 0 bridgehead atoms. The van der Waals surface area contributed by atoms with Crippen LogP contribution in [0.1, 0.15) is 49.3 Å². The lowest BCUT2D eigenvalue weighted by Gasteiger charge is -2.40. The predicted molar refractivity (Wildman–Crippen MR) is 144 cm³/mol. The van der Waals surface area contributed by atoms with Crippen molar-refractivity contribution in [1.29, 1.82) is 0 Å². The van der Waals surface area contributed by atoms with Crippen molar-refractivity contribution in [2.24, 2.45) is 4.99 Å². The van der Waals surface area contributed by atoms with Gasteiger partial charge >= 0.3 is 0 Å². The van der Waals surface area contributed by atoms with Gasteiger partial charge in [0.2, 0.25) is 0 Å². The first-order chi connectivity index (χ1) is 15.7. The molecule has 6 nitrogen and oxygen atoms in total. The Kier molecular flexibility index (Phi) is 8.01. The van der Waals surface area contributed by atoms with Gasteiger partial charge in [-0.25, -0.2) is 0 Å². The minimum absolute atomic E-state index is 0. The second-order valence-electron chi connectivity index (χ2n) is 9.12. The van der Waals surface area contributed by atoms with Gasteiger partial charge in [0.25, 0.3) is 0 Å². The lowest BCUT2D eigenvalue weighted by atomic mass is 9.86. The zero-order valence-corrected chi connectivity index (χ0v) is 21.7. The quantitative estimate of drug-likeness (QED) is 0.323. The van der Waals surface area contributed by atoms with E-state index in [-0.39, 0.29) is 35.6 Å². The highest BCUT2D eigenvalue weighted by Gasteiger charge is 2.43. The number of guanidine groups is 1. The van der Waals surface area contributed by atoms with Gasteiger partial charge in [-0.15, -0.1) is 24.0 Å². The highest BCUT2D eigenvalue weighted by molar-refractivity contribution is 14.0. The lowest BCUT2D eigenvalue weighted by Crippen LogP contribution is -2.46. The highest BCUT2D eigenvalue weighted by Crippen LogP contribution is 2.46. The van der Waals surface area contributed by atoms with Crippen LogP contribution in [0, 0.1) is 0 Å². The fraction of sp³-hybridized carbons (Fsp3) is 0.500. The second kappa shape index (κ2) is 11.0. The smallest absolute Gasteiger partial charge is 0.191 e. The molecule has 0 radical (unpaired) electrons. The molecular weight excluding hydrogens is 527 g/mol. The van der Waals surface area contributed by atoms with Crippen LogP contribution in [0.5, 0.6) is 5.75 Å². The predicted octanol–water partition coefficient (Wildman–Crippen LogP) is 4.64. The van der Waals surface area contributed by atoms with Gasteiger partial charge in [-0.3, -0.25) is 4.99 Å². The van der Waals surface area contributed by atoms with Gasteiger partial charge in [0, 0.05) is 44.4 Å². The average molecular weight is 562 g/mol. The molecule has 2 fully saturated rings. The van der Waals surface area contributed by atoms with Crippen LogP contribution in [-0.4, -0.2) is 44.9 Å². The molecule has 2 heterocycles. The van der Waals surface area contributed by atoms with Crippen molar-refractivity contribution in [2.45, 2.75) is 50.3 Å². The molecule has 5 rings (SSSR count). The summed E-state index contributed by atoms with van der Waals surface area (Å²) < 4.78 is 12.0. The molecule has 3 aliphatic rings. The number of hydrogen-bond donors (Lipinski definition) is 2. The van der Waals surface area contributed by atoms with E-state index < -0.39 is 0 Å². The molecule has 0 aromatic heterocycles. The van der Waals surface area contributed by atoms with Crippen molar-refractivity contribution in [3.05, 3.63) is 59.7 Å². The van der Waals surface area contributed by atoms with Gasteiger partial charge in [-0.05, 0) is 49.4 Å². The van der Waals surface area contributed by atoms with Crippen LogP contribution in [-0.2, 0) is 11.3 Å². The first-order valence-corrected chi connectivity index (χ1v) is 11.9. The average Bonchev–Trinajstić information content (AvgIpc) is 3.29. The van der Waals surface area contributed by atoms with E-state index >= 15 is 0 Å². The summed E-state index contributed by atoms with van der Waals surface area (Å²) in [5, 5.41) is 7.19. The Morgan fingerprint density at radius 3 is 2.52 bits per heavy atom. The number of rotatable bonds is 4. The maximum Gasteiger partial charge on any atom is 0.191 e. The molecule has 1 saturated carbocycles. The van der Waals surface area contributed by atoms with Gasteiger partial charge in [0.05, 0.1) is 19.3 Å². The Morgan fingerprint density at radius 2 is 1.79 bits per heavy atom. The number of nitrogens with one attached hydrogen (secondary N) is 2. The summed E-state index contributed by atoms with van der Waals surface area (Å²) in [7, 11) is 1.84. The molecule has 7 heteroatoms. The number of benzene rings is 2. The molecule has 178 valence electrons. The fourth-order valence-corrected chi connectivity index (χ4v) is 5.26. The number of fused-ring (bicyclic) bond motifs is 1. The molecule has 1 unspecified atom stereocenters. The summed E-state index contributed by atoms with van der Waals surface area (Å²) in [6.07, 6.45) is 5.77. The van der Waals surface area contributed by atoms with Crippen molar-refractivity contribution in [2.75, 3.05) is 38.3 Å². The Morgan fingerprint density at radius 1 is 1.06 bits per heavy atom.